The molecule has 3 N–H and O–H groups in total. The normalized spacial score (nSPS) is 12.1. The molecule has 1 aliphatic rings. The number of nitrogens with one attached hydrogen (secondary N) is 2. The summed E-state index contributed by atoms with van der Waals surface area (Å²) in [6.07, 6.45) is 7.12. The van der Waals surface area contributed by atoms with Crippen LogP contribution in [-0.4, -0.2) is 23.1 Å². The van der Waals surface area contributed by atoms with Crippen molar-refractivity contribution in [3.05, 3.63) is 42.1 Å². The Kier molecular flexibility index (Phi) is 6.34. The Bertz CT molecular complexity index is 666. The van der Waals surface area contributed by atoms with Crippen LogP contribution in [-0.2, 0) is 9.59 Å². The third-order valence-corrected chi connectivity index (χ3v) is 2.66. The van der Waals surface area contributed by atoms with E-state index in [1.807, 2.05) is 6.08 Å². The smallest absolute Gasteiger partial charge is 0.263 e. The van der Waals surface area contributed by atoms with E-state index in [2.05, 4.69) is 15.6 Å². The van der Waals surface area contributed by atoms with Gasteiger partial charge in [0.05, 0.1) is 10.7 Å². The first-order chi connectivity index (χ1) is 10.0. The van der Waals surface area contributed by atoms with E-state index in [1.54, 1.807) is 24.4 Å². The summed E-state index contributed by atoms with van der Waals surface area (Å²) in [6, 6.07) is 4.50. The Hall–Kier alpha value is -2.60. The fourth-order valence-corrected chi connectivity index (χ4v) is 1.78. The van der Waals surface area contributed by atoms with E-state index in [4.69, 9.17) is 0 Å². The van der Waals surface area contributed by atoms with Crippen molar-refractivity contribution >= 4 is 29.4 Å². The van der Waals surface area contributed by atoms with Crippen LogP contribution in [0.5, 0.6) is 5.75 Å². The molecular weight excluding hydrogens is 306 g/mol. The van der Waals surface area contributed by atoms with Gasteiger partial charge in [0.15, 0.2) is 0 Å². The Labute approximate surface area is 134 Å². The number of rotatable bonds is 4. The molecule has 1 radical (unpaired) electrons. The molecule has 7 heteroatoms. The average Bonchev–Trinajstić information content (AvgIpc) is 2.42. The first-order valence-electron chi connectivity index (χ1n) is 6.35. The highest BCUT2D eigenvalue weighted by molar-refractivity contribution is 5.94. The second kappa shape index (κ2) is 7.99. The van der Waals surface area contributed by atoms with Gasteiger partial charge in [-0.15, -0.1) is 0 Å². The van der Waals surface area contributed by atoms with Crippen LogP contribution in [0, 0.1) is 0 Å². The largest absolute Gasteiger partial charge is 1.00 e. The molecule has 1 heterocycles. The lowest BCUT2D eigenvalue weighted by Crippen LogP contribution is -3.00. The van der Waals surface area contributed by atoms with E-state index in [-0.39, 0.29) is 36.4 Å². The second-order valence-electron chi connectivity index (χ2n) is 4.46. The van der Waals surface area contributed by atoms with Crippen LogP contribution in [0.1, 0.15) is 13.3 Å². The molecule has 1 aromatic carbocycles. The molecule has 6 nitrogen and oxygen atoms in total. The number of allylic oxidation sites excluding steroid dienone is 3. The lowest BCUT2D eigenvalue weighted by atomic mass is 10.2. The number of carbonyl (C=O) groups is 2. The van der Waals surface area contributed by atoms with Crippen LogP contribution >= 0.6 is 0 Å². The summed E-state index contributed by atoms with van der Waals surface area (Å²) < 4.78 is 0. The third-order valence-electron chi connectivity index (χ3n) is 2.66. The van der Waals surface area contributed by atoms with Gasteiger partial charge >= 0.3 is 0 Å². The minimum Gasteiger partial charge on any atom is -1.00 e. The molecule has 0 saturated carbocycles. The summed E-state index contributed by atoms with van der Waals surface area (Å²) in [7, 11) is 0. The maximum Gasteiger partial charge on any atom is 0.263 e. The predicted octanol–water partition coefficient (Wildman–Crippen LogP) is -1.46. The zero-order valence-electron chi connectivity index (χ0n) is 11.8. The number of nitrogens with zero attached hydrogens (tertiary/aromatic N) is 1. The lowest BCUT2D eigenvalue weighted by molar-refractivity contribution is -0.116. The molecule has 1 aromatic rings. The zero-order chi connectivity index (χ0) is 15.2. The summed E-state index contributed by atoms with van der Waals surface area (Å²) >= 11 is 0. The molecule has 0 unspecified atom stereocenters. The first-order valence-corrected chi connectivity index (χ1v) is 6.35. The summed E-state index contributed by atoms with van der Waals surface area (Å²) in [6.45, 7) is 1.35. The van der Waals surface area contributed by atoms with Crippen molar-refractivity contribution in [2.24, 2.45) is 0 Å². The molecule has 22 heavy (non-hydrogen) atoms. The number of hydrogen-bond donors (Lipinski definition) is 3. The van der Waals surface area contributed by atoms with E-state index in [0.29, 0.717) is 17.1 Å². The Morgan fingerprint density at radius 2 is 2.00 bits per heavy atom. The van der Waals surface area contributed by atoms with Gasteiger partial charge in [-0.25, -0.2) is 0 Å². The summed E-state index contributed by atoms with van der Waals surface area (Å²) in [5, 5.41) is 14.9. The van der Waals surface area contributed by atoms with Gasteiger partial charge in [-0.1, -0.05) is 0 Å². The van der Waals surface area contributed by atoms with Crippen LogP contribution in [0.4, 0.5) is 11.4 Å². The molecule has 0 fully saturated rings. The topological polar surface area (TPSA) is 92.5 Å². The van der Waals surface area contributed by atoms with E-state index >= 15 is 0 Å². The monoisotopic (exact) mass is 320 g/mol. The van der Waals surface area contributed by atoms with E-state index in [1.165, 1.54) is 19.1 Å². The minimum atomic E-state index is -0.280. The van der Waals surface area contributed by atoms with E-state index in [0.717, 1.165) is 0 Å². The van der Waals surface area contributed by atoms with Gasteiger partial charge in [0.25, 0.3) is 5.70 Å². The van der Waals surface area contributed by atoms with Crippen molar-refractivity contribution in [1.29, 1.82) is 0 Å². The molecule has 2 amide bonds. The number of benzene rings is 1. The fraction of sp³-hybridized carbons (Fsp3) is 0.133. The highest BCUT2D eigenvalue weighted by Crippen LogP contribution is 2.26. The number of halogens is 1. The van der Waals surface area contributed by atoms with Crippen LogP contribution in [0.25, 0.3) is 0 Å². The Balaban J connectivity index is 0.00000242. The predicted molar refractivity (Wildman–Crippen MR) is 81.1 cm³/mol. The van der Waals surface area contributed by atoms with Gasteiger partial charge < -0.3 is 28.1 Å². The molecule has 0 saturated heterocycles. The highest BCUT2D eigenvalue weighted by Gasteiger charge is 2.15. The molecule has 115 valence electrons. The van der Waals surface area contributed by atoms with Gasteiger partial charge in [-0.05, 0) is 18.2 Å². The number of phenols is 1. The molecule has 0 aliphatic carbocycles. The maximum atomic E-state index is 11.9. The molecule has 0 aromatic heterocycles. The average molecular weight is 321 g/mol. The molecular formula is C15H15ClN3O3. The number of phenolic OH excluding ortho intramolecular Hbond substituents is 1. The minimum absolute atomic E-state index is 0. The molecule has 0 bridgehead atoms. The summed E-state index contributed by atoms with van der Waals surface area (Å²) in [5.74, 6) is -0.626. The fourth-order valence-electron chi connectivity index (χ4n) is 1.78. The number of hydrogen-bond acceptors (Lipinski definition) is 4. The molecule has 0 atom stereocenters. The quantitative estimate of drug-likeness (QED) is 0.592. The molecule has 0 spiro atoms. The lowest BCUT2D eigenvalue weighted by Gasteiger charge is -2.08. The van der Waals surface area contributed by atoms with Crippen molar-refractivity contribution in [3.8, 4) is 5.75 Å². The van der Waals surface area contributed by atoms with Gasteiger partial charge in [-0.2, -0.15) is 0 Å². The number of amides is 2. The summed E-state index contributed by atoms with van der Waals surface area (Å²) in [4.78, 5) is 26.9. The van der Waals surface area contributed by atoms with Crippen LogP contribution in [0.3, 0.4) is 0 Å². The van der Waals surface area contributed by atoms with E-state index < -0.39 is 0 Å². The van der Waals surface area contributed by atoms with E-state index in [9.17, 15) is 14.7 Å². The molecule has 1 aliphatic heterocycles. The van der Waals surface area contributed by atoms with Gasteiger partial charge in [0.1, 0.15) is 12.2 Å². The number of aliphatic imine (C=N–C) groups is 1. The maximum absolute atomic E-state index is 11.9. The second-order valence-corrected chi connectivity index (χ2v) is 4.46. The Morgan fingerprint density at radius 3 is 2.59 bits per heavy atom. The van der Waals surface area contributed by atoms with Crippen molar-refractivity contribution in [1.82, 2.24) is 4.99 Å². The highest BCUT2D eigenvalue weighted by atomic mass is 35.5. The van der Waals surface area contributed by atoms with Gasteiger partial charge in [0, 0.05) is 30.8 Å². The summed E-state index contributed by atoms with van der Waals surface area (Å²) in [5.41, 5.74) is 1.40. The van der Waals surface area contributed by atoms with Crippen molar-refractivity contribution in [2.45, 2.75) is 13.3 Å². The van der Waals surface area contributed by atoms with Crippen molar-refractivity contribution < 1.29 is 27.1 Å². The number of carbonyl (C=O) groups excluding carboxylic acids is 2. The van der Waals surface area contributed by atoms with Crippen molar-refractivity contribution in [3.63, 3.8) is 0 Å². The van der Waals surface area contributed by atoms with Crippen LogP contribution < -0.4 is 28.0 Å². The van der Waals surface area contributed by atoms with Gasteiger partial charge in [0.2, 0.25) is 18.0 Å². The zero-order valence-corrected chi connectivity index (χ0v) is 12.6. The first kappa shape index (κ1) is 17.5. The van der Waals surface area contributed by atoms with Gasteiger partial charge in [-0.3, -0.25) is 9.59 Å². The van der Waals surface area contributed by atoms with Crippen LogP contribution in [0.15, 0.2) is 42.1 Å². The standard InChI is InChI=1S/C15H15N3O3.ClH/c1-10(19)17-13-6-5-12(8-14(13)20)18-15(21)9-11-4-2-3-7-16-11;/h2-8,20H,9H2,1H3,(H,17,19)(H,18,21);1H/q+1;/p-1. The Morgan fingerprint density at radius 1 is 1.23 bits per heavy atom. The third kappa shape index (κ3) is 5.06. The van der Waals surface area contributed by atoms with Crippen molar-refractivity contribution in [2.75, 3.05) is 10.6 Å². The molecule has 2 rings (SSSR count). The number of anilines is 2. The SMILES string of the molecule is CC(=O)Nc1ccc(NC(=O)CC2=CC=CC=[N+]2)cc1O.[Cl-]. The van der Waals surface area contributed by atoms with Crippen LogP contribution in [0.2, 0.25) is 0 Å². The number of aromatic hydroxyl groups is 1.